The Morgan fingerprint density at radius 3 is 2.95 bits per heavy atom. The van der Waals surface area contributed by atoms with Crippen molar-refractivity contribution in [2.24, 2.45) is 5.84 Å². The lowest BCUT2D eigenvalue weighted by atomic mass is 9.97. The second-order valence-electron chi connectivity index (χ2n) is 4.86. The van der Waals surface area contributed by atoms with Gasteiger partial charge in [0, 0.05) is 18.0 Å². The Morgan fingerprint density at radius 2 is 2.15 bits per heavy atom. The summed E-state index contributed by atoms with van der Waals surface area (Å²) in [6.07, 6.45) is 8.03. The van der Waals surface area contributed by atoms with Crippen LogP contribution in [0.15, 0.2) is 49.1 Å². The molecule has 3 N–H and O–H groups in total. The molecule has 0 spiro atoms. The minimum atomic E-state index is 0.0119. The molecule has 1 atom stereocenters. The molecule has 5 heteroatoms. The molecule has 20 heavy (non-hydrogen) atoms. The molecule has 102 valence electrons. The zero-order valence-electron chi connectivity index (χ0n) is 11.3. The molecule has 5 nitrogen and oxygen atoms in total. The molecule has 3 rings (SSSR count). The van der Waals surface area contributed by atoms with E-state index < -0.39 is 0 Å². The van der Waals surface area contributed by atoms with E-state index in [4.69, 9.17) is 5.84 Å². The van der Waals surface area contributed by atoms with E-state index in [-0.39, 0.29) is 6.04 Å². The van der Waals surface area contributed by atoms with E-state index in [2.05, 4.69) is 34.6 Å². The second kappa shape index (κ2) is 5.40. The van der Waals surface area contributed by atoms with Gasteiger partial charge in [0.1, 0.15) is 0 Å². The summed E-state index contributed by atoms with van der Waals surface area (Å²) in [7, 11) is 0. The van der Waals surface area contributed by atoms with E-state index in [1.807, 2.05) is 35.2 Å². The van der Waals surface area contributed by atoms with Crippen molar-refractivity contribution in [3.05, 3.63) is 65.7 Å². The van der Waals surface area contributed by atoms with Crippen LogP contribution in [-0.2, 0) is 6.42 Å². The number of nitrogens with zero attached hydrogens (tertiary/aromatic N) is 3. The van der Waals surface area contributed by atoms with Gasteiger partial charge in [-0.25, -0.2) is 4.52 Å². The van der Waals surface area contributed by atoms with E-state index in [0.29, 0.717) is 0 Å². The van der Waals surface area contributed by atoms with E-state index in [1.54, 1.807) is 6.20 Å². The van der Waals surface area contributed by atoms with Gasteiger partial charge in [-0.2, -0.15) is 5.10 Å². The molecule has 0 fully saturated rings. The maximum atomic E-state index is 5.75. The molecule has 2 aromatic heterocycles. The van der Waals surface area contributed by atoms with Crippen molar-refractivity contribution in [2.75, 3.05) is 0 Å². The fourth-order valence-corrected chi connectivity index (χ4v) is 2.44. The zero-order valence-corrected chi connectivity index (χ0v) is 11.3. The van der Waals surface area contributed by atoms with E-state index in [0.717, 1.165) is 17.5 Å². The highest BCUT2D eigenvalue weighted by Gasteiger charge is 2.16. The molecule has 0 bridgehead atoms. The van der Waals surface area contributed by atoms with Gasteiger partial charge in [-0.15, -0.1) is 0 Å². The largest absolute Gasteiger partial charge is 0.271 e. The van der Waals surface area contributed by atoms with Crippen molar-refractivity contribution in [2.45, 2.75) is 19.4 Å². The lowest BCUT2D eigenvalue weighted by Gasteiger charge is -2.16. The second-order valence-corrected chi connectivity index (χ2v) is 4.86. The van der Waals surface area contributed by atoms with Gasteiger partial charge in [-0.05, 0) is 24.5 Å². The molecule has 3 aromatic rings. The van der Waals surface area contributed by atoms with Gasteiger partial charge in [0.25, 0.3) is 0 Å². The summed E-state index contributed by atoms with van der Waals surface area (Å²) in [5.41, 5.74) is 7.47. The van der Waals surface area contributed by atoms with Crippen LogP contribution in [0.2, 0.25) is 0 Å². The fourth-order valence-electron chi connectivity index (χ4n) is 2.44. The number of aryl methyl sites for hydroxylation is 1. The molecule has 0 aliphatic rings. The van der Waals surface area contributed by atoms with E-state index in [1.165, 1.54) is 11.1 Å². The van der Waals surface area contributed by atoms with Crippen molar-refractivity contribution in [1.29, 1.82) is 0 Å². The summed E-state index contributed by atoms with van der Waals surface area (Å²) in [5.74, 6) is 5.75. The Kier molecular flexibility index (Phi) is 3.45. The first-order chi connectivity index (χ1) is 9.79. The van der Waals surface area contributed by atoms with Crippen molar-refractivity contribution in [3.63, 3.8) is 0 Å². The van der Waals surface area contributed by atoms with Crippen LogP contribution in [0.5, 0.6) is 0 Å². The molecule has 0 aliphatic carbocycles. The lowest BCUT2D eigenvalue weighted by molar-refractivity contribution is 0.554. The van der Waals surface area contributed by atoms with Gasteiger partial charge in [-0.1, -0.05) is 24.3 Å². The molecule has 2 heterocycles. The van der Waals surface area contributed by atoms with Gasteiger partial charge in [0.15, 0.2) is 0 Å². The molecular weight excluding hydrogens is 250 g/mol. The van der Waals surface area contributed by atoms with Crippen molar-refractivity contribution < 1.29 is 0 Å². The summed E-state index contributed by atoms with van der Waals surface area (Å²) >= 11 is 0. The third-order valence-corrected chi connectivity index (χ3v) is 3.62. The minimum absolute atomic E-state index is 0.0119. The quantitative estimate of drug-likeness (QED) is 0.558. The summed E-state index contributed by atoms with van der Waals surface area (Å²) in [6, 6.07) is 8.35. The number of fused-ring (bicyclic) bond motifs is 1. The summed E-state index contributed by atoms with van der Waals surface area (Å²) in [5, 5.41) is 4.33. The van der Waals surface area contributed by atoms with Gasteiger partial charge in [0.2, 0.25) is 0 Å². The van der Waals surface area contributed by atoms with Crippen LogP contribution < -0.4 is 11.3 Å². The molecule has 0 amide bonds. The third-order valence-electron chi connectivity index (χ3n) is 3.62. The monoisotopic (exact) mass is 267 g/mol. The maximum Gasteiger partial charge on any atom is 0.0893 e. The Balaban J connectivity index is 1.96. The number of hydrogen-bond donors (Lipinski definition) is 2. The predicted octanol–water partition coefficient (Wildman–Crippen LogP) is 1.78. The normalized spacial score (nSPS) is 12.7. The zero-order chi connectivity index (χ0) is 13.9. The first-order valence-electron chi connectivity index (χ1n) is 6.57. The third kappa shape index (κ3) is 2.29. The molecule has 0 saturated carbocycles. The van der Waals surface area contributed by atoms with E-state index in [9.17, 15) is 0 Å². The highest BCUT2D eigenvalue weighted by molar-refractivity contribution is 5.53. The van der Waals surface area contributed by atoms with Crippen LogP contribution in [0, 0.1) is 6.92 Å². The Bertz CT molecular complexity index is 719. The Morgan fingerprint density at radius 1 is 1.30 bits per heavy atom. The number of rotatable bonds is 4. The number of nitrogens with one attached hydrogen (secondary N) is 1. The highest BCUT2D eigenvalue weighted by atomic mass is 15.3. The van der Waals surface area contributed by atoms with Crippen LogP contribution in [0.25, 0.3) is 5.52 Å². The average Bonchev–Trinajstić information content (AvgIpc) is 2.90. The van der Waals surface area contributed by atoms with Gasteiger partial charge >= 0.3 is 0 Å². The van der Waals surface area contributed by atoms with Gasteiger partial charge in [0.05, 0.1) is 24.0 Å². The number of benzene rings is 1. The first-order valence-corrected chi connectivity index (χ1v) is 6.57. The number of hydrazine groups is 1. The van der Waals surface area contributed by atoms with Crippen LogP contribution in [0.3, 0.4) is 0 Å². The number of hydrogen-bond acceptors (Lipinski definition) is 4. The van der Waals surface area contributed by atoms with Crippen LogP contribution in [0.1, 0.15) is 22.7 Å². The van der Waals surface area contributed by atoms with Crippen LogP contribution >= 0.6 is 0 Å². The summed E-state index contributed by atoms with van der Waals surface area (Å²) in [6.45, 7) is 2.11. The maximum absolute atomic E-state index is 5.75. The Labute approximate surface area is 117 Å². The molecule has 0 saturated heterocycles. The van der Waals surface area contributed by atoms with Crippen molar-refractivity contribution in [3.8, 4) is 0 Å². The lowest BCUT2D eigenvalue weighted by Crippen LogP contribution is -2.29. The van der Waals surface area contributed by atoms with Crippen molar-refractivity contribution >= 4 is 5.52 Å². The molecule has 1 aromatic carbocycles. The highest BCUT2D eigenvalue weighted by Crippen LogP contribution is 2.23. The molecule has 0 aliphatic heterocycles. The average molecular weight is 267 g/mol. The molecular formula is C15H17N5. The minimum Gasteiger partial charge on any atom is -0.271 e. The smallest absolute Gasteiger partial charge is 0.0893 e. The summed E-state index contributed by atoms with van der Waals surface area (Å²) in [4.78, 5) is 4.16. The van der Waals surface area contributed by atoms with E-state index >= 15 is 0 Å². The first kappa shape index (κ1) is 12.8. The summed E-state index contributed by atoms with van der Waals surface area (Å²) < 4.78 is 1.81. The SMILES string of the molecule is Cc1ccccc1CC(NN)c1cnn2ccncc12. The fraction of sp³-hybridized carbons (Fsp3) is 0.200. The van der Waals surface area contributed by atoms with Crippen LogP contribution in [-0.4, -0.2) is 14.6 Å². The van der Waals surface area contributed by atoms with Gasteiger partial charge in [-0.3, -0.25) is 16.3 Å². The van der Waals surface area contributed by atoms with Gasteiger partial charge < -0.3 is 0 Å². The number of nitrogens with two attached hydrogens (primary N) is 1. The standard InChI is InChI=1S/C15H17N5/c1-11-4-2-3-5-12(11)8-14(19-16)13-9-18-20-7-6-17-10-15(13)20/h2-7,9-10,14,19H,8,16H2,1H3. The Hall–Kier alpha value is -2.24. The molecule has 0 radical (unpaired) electrons. The van der Waals surface area contributed by atoms with Crippen molar-refractivity contribution in [1.82, 2.24) is 20.0 Å². The number of aromatic nitrogens is 3. The predicted molar refractivity (Wildman–Crippen MR) is 77.9 cm³/mol. The molecule has 1 unspecified atom stereocenters. The van der Waals surface area contributed by atoms with Crippen LogP contribution in [0.4, 0.5) is 0 Å². The topological polar surface area (TPSA) is 68.2 Å².